The standard InChI is InChI=1S/C16H21FN2O2/c1-12-11-18(2)9-4-10-19(12)15-6-3-5-14(17)13(15)7-8-16(20)21/h3,5-8,12H,4,9-11H2,1-2H3,(H,20,21)/b8-7+. The first-order valence-electron chi connectivity index (χ1n) is 7.13. The number of carboxylic acids is 1. The lowest BCUT2D eigenvalue weighted by atomic mass is 10.1. The molecule has 0 aromatic heterocycles. The number of halogens is 1. The van der Waals surface area contributed by atoms with Crippen molar-refractivity contribution < 1.29 is 14.3 Å². The van der Waals surface area contributed by atoms with Crippen LogP contribution in [0, 0.1) is 5.82 Å². The molecule has 1 aromatic rings. The quantitative estimate of drug-likeness (QED) is 0.869. The topological polar surface area (TPSA) is 43.8 Å². The highest BCUT2D eigenvalue weighted by atomic mass is 19.1. The van der Waals surface area contributed by atoms with E-state index in [1.165, 1.54) is 12.1 Å². The highest BCUT2D eigenvalue weighted by Crippen LogP contribution is 2.27. The number of anilines is 1. The molecule has 1 N–H and O–H groups in total. The molecule has 114 valence electrons. The average molecular weight is 292 g/mol. The highest BCUT2D eigenvalue weighted by molar-refractivity contribution is 5.87. The van der Waals surface area contributed by atoms with Gasteiger partial charge in [-0.25, -0.2) is 9.18 Å². The second-order valence-corrected chi connectivity index (χ2v) is 5.50. The Balaban J connectivity index is 2.38. The summed E-state index contributed by atoms with van der Waals surface area (Å²) in [6.45, 7) is 4.86. The van der Waals surface area contributed by atoms with Crippen LogP contribution in [0.5, 0.6) is 0 Å². The van der Waals surface area contributed by atoms with E-state index in [1.807, 2.05) is 6.07 Å². The minimum absolute atomic E-state index is 0.247. The molecule has 1 aliphatic heterocycles. The van der Waals surface area contributed by atoms with Gasteiger partial charge in [-0.15, -0.1) is 0 Å². The summed E-state index contributed by atoms with van der Waals surface area (Å²) < 4.78 is 14.1. The summed E-state index contributed by atoms with van der Waals surface area (Å²) in [6.07, 6.45) is 3.32. The first-order valence-corrected chi connectivity index (χ1v) is 7.13. The zero-order valence-corrected chi connectivity index (χ0v) is 12.4. The summed E-state index contributed by atoms with van der Waals surface area (Å²) in [6, 6.07) is 5.13. The fraction of sp³-hybridized carbons (Fsp3) is 0.438. The highest BCUT2D eigenvalue weighted by Gasteiger charge is 2.22. The number of carboxylic acid groups (broad SMARTS) is 1. The van der Waals surface area contributed by atoms with E-state index in [9.17, 15) is 9.18 Å². The van der Waals surface area contributed by atoms with Crippen molar-refractivity contribution in [3.05, 3.63) is 35.7 Å². The molecule has 0 aliphatic carbocycles. The lowest BCUT2D eigenvalue weighted by Gasteiger charge is -2.31. The predicted octanol–water partition coefficient (Wildman–Crippen LogP) is 2.45. The maximum Gasteiger partial charge on any atom is 0.328 e. The summed E-state index contributed by atoms with van der Waals surface area (Å²) in [5, 5.41) is 8.77. The summed E-state index contributed by atoms with van der Waals surface area (Å²) in [5.74, 6) is -1.47. The minimum atomic E-state index is -1.08. The van der Waals surface area contributed by atoms with Crippen molar-refractivity contribution in [2.75, 3.05) is 31.6 Å². The molecule has 4 nitrogen and oxygen atoms in total. The van der Waals surface area contributed by atoms with Crippen LogP contribution in [0.25, 0.3) is 6.08 Å². The zero-order valence-electron chi connectivity index (χ0n) is 12.4. The number of likely N-dealkylation sites (N-methyl/N-ethyl adjacent to an activating group) is 1. The van der Waals surface area contributed by atoms with E-state index in [0.29, 0.717) is 5.56 Å². The van der Waals surface area contributed by atoms with E-state index in [4.69, 9.17) is 5.11 Å². The van der Waals surface area contributed by atoms with Gasteiger partial charge >= 0.3 is 5.97 Å². The second kappa shape index (κ2) is 6.72. The molecule has 21 heavy (non-hydrogen) atoms. The molecule has 0 amide bonds. The van der Waals surface area contributed by atoms with Gasteiger partial charge in [0.25, 0.3) is 0 Å². The lowest BCUT2D eigenvalue weighted by molar-refractivity contribution is -0.131. The molecule has 0 bridgehead atoms. The van der Waals surface area contributed by atoms with E-state index in [2.05, 4.69) is 23.8 Å². The SMILES string of the molecule is CC1CN(C)CCCN1c1cccc(F)c1/C=C/C(=O)O. The van der Waals surface area contributed by atoms with Crippen LogP contribution in [-0.4, -0.2) is 48.7 Å². The van der Waals surface area contributed by atoms with Crippen LogP contribution < -0.4 is 4.90 Å². The number of aliphatic carboxylic acids is 1. The Labute approximate surface area is 124 Å². The average Bonchev–Trinajstić information content (AvgIpc) is 2.57. The van der Waals surface area contributed by atoms with Crippen molar-refractivity contribution in [2.45, 2.75) is 19.4 Å². The Bertz CT molecular complexity index is 545. The van der Waals surface area contributed by atoms with Gasteiger partial charge in [0.05, 0.1) is 0 Å². The fourth-order valence-corrected chi connectivity index (χ4v) is 2.83. The molecule has 1 unspecified atom stereocenters. The van der Waals surface area contributed by atoms with Gasteiger partial charge in [0.1, 0.15) is 5.82 Å². The molecular formula is C16H21FN2O2. The third-order valence-corrected chi connectivity index (χ3v) is 3.78. The van der Waals surface area contributed by atoms with Crippen LogP contribution in [-0.2, 0) is 4.79 Å². The van der Waals surface area contributed by atoms with Gasteiger partial charge in [0.15, 0.2) is 0 Å². The Morgan fingerprint density at radius 3 is 2.90 bits per heavy atom. The summed E-state index contributed by atoms with van der Waals surface area (Å²) >= 11 is 0. The number of hydrogen-bond acceptors (Lipinski definition) is 3. The van der Waals surface area contributed by atoms with Gasteiger partial charge in [0, 0.05) is 36.5 Å². The lowest BCUT2D eigenvalue weighted by Crippen LogP contribution is -2.38. The number of nitrogens with zero attached hydrogens (tertiary/aromatic N) is 2. The van der Waals surface area contributed by atoms with Gasteiger partial charge in [-0.3, -0.25) is 0 Å². The minimum Gasteiger partial charge on any atom is -0.478 e. The molecule has 1 aromatic carbocycles. The molecule has 1 fully saturated rings. The predicted molar refractivity (Wildman–Crippen MR) is 82.0 cm³/mol. The van der Waals surface area contributed by atoms with Crippen LogP contribution in [0.2, 0.25) is 0 Å². The first-order chi connectivity index (χ1) is 9.99. The van der Waals surface area contributed by atoms with Crippen LogP contribution in [0.15, 0.2) is 24.3 Å². The zero-order chi connectivity index (χ0) is 15.4. The smallest absolute Gasteiger partial charge is 0.328 e. The summed E-state index contributed by atoms with van der Waals surface area (Å²) in [7, 11) is 2.08. The van der Waals surface area contributed by atoms with Gasteiger partial charge < -0.3 is 14.9 Å². The van der Waals surface area contributed by atoms with Crippen LogP contribution in [0.1, 0.15) is 18.9 Å². The second-order valence-electron chi connectivity index (χ2n) is 5.50. The van der Waals surface area contributed by atoms with Crippen molar-refractivity contribution in [1.82, 2.24) is 4.90 Å². The third kappa shape index (κ3) is 3.82. The molecular weight excluding hydrogens is 271 g/mol. The molecule has 2 rings (SSSR count). The van der Waals surface area contributed by atoms with Gasteiger partial charge in [-0.1, -0.05) is 6.07 Å². The third-order valence-electron chi connectivity index (χ3n) is 3.78. The molecule has 1 atom stereocenters. The Hall–Kier alpha value is -1.88. The van der Waals surface area contributed by atoms with E-state index >= 15 is 0 Å². The van der Waals surface area contributed by atoms with Gasteiger partial charge in [0.2, 0.25) is 0 Å². The van der Waals surface area contributed by atoms with E-state index in [0.717, 1.165) is 37.8 Å². The van der Waals surface area contributed by atoms with Crippen LogP contribution in [0.4, 0.5) is 10.1 Å². The number of hydrogen-bond donors (Lipinski definition) is 1. The Kier molecular flexibility index (Phi) is 4.96. The monoisotopic (exact) mass is 292 g/mol. The molecule has 1 aliphatic rings. The van der Waals surface area contributed by atoms with Crippen LogP contribution >= 0.6 is 0 Å². The van der Waals surface area contributed by atoms with Crippen molar-refractivity contribution in [3.8, 4) is 0 Å². The van der Waals surface area contributed by atoms with Crippen molar-refractivity contribution in [3.63, 3.8) is 0 Å². The Morgan fingerprint density at radius 2 is 2.19 bits per heavy atom. The normalized spacial score (nSPS) is 20.7. The number of rotatable bonds is 3. The summed E-state index contributed by atoms with van der Waals surface area (Å²) in [4.78, 5) is 15.1. The number of benzene rings is 1. The summed E-state index contributed by atoms with van der Waals surface area (Å²) in [5.41, 5.74) is 1.10. The van der Waals surface area contributed by atoms with E-state index in [-0.39, 0.29) is 6.04 Å². The van der Waals surface area contributed by atoms with Crippen molar-refractivity contribution >= 4 is 17.7 Å². The van der Waals surface area contributed by atoms with E-state index < -0.39 is 11.8 Å². The van der Waals surface area contributed by atoms with Gasteiger partial charge in [-0.2, -0.15) is 0 Å². The molecule has 5 heteroatoms. The molecule has 0 spiro atoms. The molecule has 0 saturated carbocycles. The molecule has 1 saturated heterocycles. The van der Waals surface area contributed by atoms with Crippen molar-refractivity contribution in [1.29, 1.82) is 0 Å². The largest absolute Gasteiger partial charge is 0.478 e. The van der Waals surface area contributed by atoms with Gasteiger partial charge in [-0.05, 0) is 45.1 Å². The maximum atomic E-state index is 14.1. The van der Waals surface area contributed by atoms with E-state index in [1.54, 1.807) is 6.07 Å². The Morgan fingerprint density at radius 1 is 1.43 bits per heavy atom. The maximum absolute atomic E-state index is 14.1. The molecule has 1 heterocycles. The molecule has 0 radical (unpaired) electrons. The first kappa shape index (κ1) is 15.5. The van der Waals surface area contributed by atoms with Crippen LogP contribution in [0.3, 0.4) is 0 Å². The van der Waals surface area contributed by atoms with Crippen molar-refractivity contribution in [2.24, 2.45) is 0 Å². The number of carbonyl (C=O) groups is 1. The fourth-order valence-electron chi connectivity index (χ4n) is 2.83.